The molecule has 0 atom stereocenters. The minimum absolute atomic E-state index is 0. The Kier molecular flexibility index (Phi) is 15.0. The van der Waals surface area contributed by atoms with E-state index in [1.165, 1.54) is 102 Å². The number of hydrogen-bond donors (Lipinski definition) is 0. The van der Waals surface area contributed by atoms with Crippen LogP contribution in [0.2, 0.25) is 0 Å². The number of aryl methyl sites for hydroxylation is 12. The second-order valence-corrected chi connectivity index (χ2v) is 15.9. The van der Waals surface area contributed by atoms with Crippen LogP contribution >= 0.6 is 0 Å². The van der Waals surface area contributed by atoms with E-state index in [2.05, 4.69) is 168 Å². The van der Waals surface area contributed by atoms with Crippen molar-refractivity contribution in [3.63, 3.8) is 0 Å². The Labute approximate surface area is 348 Å². The number of rotatable bonds is 4. The summed E-state index contributed by atoms with van der Waals surface area (Å²) in [7, 11) is 0. The van der Waals surface area contributed by atoms with Gasteiger partial charge in [-0.15, -0.1) is 11.4 Å². The Bertz CT molecular complexity index is 1940. The second-order valence-electron chi connectivity index (χ2n) is 15.9. The van der Waals surface area contributed by atoms with Crippen LogP contribution in [0, 0.1) is 83.1 Å². The Hall–Kier alpha value is -4.60. The molecule has 56 heavy (non-hydrogen) atoms. The van der Waals surface area contributed by atoms with Gasteiger partial charge in [-0.3, -0.25) is 0 Å². The van der Waals surface area contributed by atoms with Crippen molar-refractivity contribution < 1.29 is 21.8 Å². The summed E-state index contributed by atoms with van der Waals surface area (Å²) in [5.41, 5.74) is 42.9. The molecule has 0 aliphatic carbocycles. The van der Waals surface area contributed by atoms with Gasteiger partial charge in [0.15, 0.2) is 0 Å². The average molecular weight is 784 g/mol. The van der Waals surface area contributed by atoms with Crippen LogP contribution in [0.15, 0.2) is 84.9 Å². The molecular formula is C52H60MnN2O. The normalized spacial score (nSPS) is 11.9. The van der Waals surface area contributed by atoms with Gasteiger partial charge in [0.2, 0.25) is 0 Å². The van der Waals surface area contributed by atoms with Crippen LogP contribution in [0.1, 0.15) is 79.6 Å². The summed E-state index contributed by atoms with van der Waals surface area (Å²) >= 11 is 0. The van der Waals surface area contributed by atoms with E-state index in [-0.39, 0.29) is 17.1 Å². The quantitative estimate of drug-likeness (QED) is 0.164. The summed E-state index contributed by atoms with van der Waals surface area (Å²) in [6.07, 6.45) is 2.56. The van der Waals surface area contributed by atoms with Crippen molar-refractivity contribution in [1.29, 1.82) is 0 Å². The predicted molar refractivity (Wildman–Crippen MR) is 239 cm³/mol. The Morgan fingerprint density at radius 3 is 0.714 bits per heavy atom. The minimum atomic E-state index is 0. The molecule has 1 heterocycles. The van der Waals surface area contributed by atoms with Crippen molar-refractivity contribution in [3.8, 4) is 44.5 Å². The smallest absolute Gasteiger partial charge is 0.698 e. The van der Waals surface area contributed by atoms with E-state index in [9.17, 15) is 0 Å². The molecule has 6 aromatic carbocycles. The van der Waals surface area contributed by atoms with Crippen LogP contribution in [0.3, 0.4) is 0 Å². The molecule has 1 saturated heterocycles. The van der Waals surface area contributed by atoms with Crippen molar-refractivity contribution in [2.75, 3.05) is 13.2 Å². The van der Waals surface area contributed by atoms with Crippen LogP contribution in [0.5, 0.6) is 0 Å². The molecule has 6 aromatic rings. The van der Waals surface area contributed by atoms with Crippen molar-refractivity contribution in [1.82, 2.24) is 0 Å². The van der Waals surface area contributed by atoms with E-state index in [0.717, 1.165) is 35.5 Å². The van der Waals surface area contributed by atoms with Gasteiger partial charge < -0.3 is 16.2 Å². The largest absolute Gasteiger partial charge is 2.00 e. The van der Waals surface area contributed by atoms with Crippen LogP contribution < -0.4 is 0 Å². The fourth-order valence-corrected chi connectivity index (χ4v) is 8.87. The SMILES string of the molecule is C1CCOC1.Cc1cc(C)c(-c2cccc(-c3c(C)cc(C)cc3C)c2[NH-])c(C)c1.Cc1cc(C)c(-c2cccc(-c3c(C)cc(C)cc3C)c2[NH-])c(C)c1.[Mn+2]. The third-order valence-electron chi connectivity index (χ3n) is 10.7. The van der Waals surface area contributed by atoms with Crippen molar-refractivity contribution >= 4 is 11.4 Å². The second kappa shape index (κ2) is 19.0. The van der Waals surface area contributed by atoms with Crippen LogP contribution in [-0.2, 0) is 21.8 Å². The van der Waals surface area contributed by atoms with E-state index in [1.807, 2.05) is 0 Å². The van der Waals surface area contributed by atoms with Gasteiger partial charge in [-0.1, -0.05) is 107 Å². The molecule has 0 bridgehead atoms. The van der Waals surface area contributed by atoms with E-state index < -0.39 is 0 Å². The number of ether oxygens (including phenoxy) is 1. The first-order valence-corrected chi connectivity index (χ1v) is 19.7. The van der Waals surface area contributed by atoms with Crippen LogP contribution in [0.25, 0.3) is 56.0 Å². The summed E-state index contributed by atoms with van der Waals surface area (Å²) in [5.74, 6) is 0. The molecule has 7 rings (SSSR count). The predicted octanol–water partition coefficient (Wildman–Crippen LogP) is 15.9. The summed E-state index contributed by atoms with van der Waals surface area (Å²) in [6, 6.07) is 30.1. The topological polar surface area (TPSA) is 56.8 Å². The van der Waals surface area contributed by atoms with Crippen molar-refractivity contribution in [3.05, 3.63) is 163 Å². The third-order valence-corrected chi connectivity index (χ3v) is 10.7. The number of nitrogens with one attached hydrogen (secondary N) is 2. The molecule has 1 radical (unpaired) electrons. The summed E-state index contributed by atoms with van der Waals surface area (Å²) in [6.45, 7) is 27.6. The maximum atomic E-state index is 8.92. The zero-order valence-electron chi connectivity index (χ0n) is 35.7. The molecule has 0 saturated carbocycles. The first-order valence-electron chi connectivity index (χ1n) is 19.7. The van der Waals surface area contributed by atoms with Crippen molar-refractivity contribution in [2.45, 2.75) is 95.9 Å². The third kappa shape index (κ3) is 9.85. The zero-order valence-corrected chi connectivity index (χ0v) is 36.9. The van der Waals surface area contributed by atoms with E-state index in [1.54, 1.807) is 0 Å². The molecule has 2 N–H and O–H groups in total. The first-order chi connectivity index (χ1) is 26.1. The van der Waals surface area contributed by atoms with E-state index >= 15 is 0 Å². The minimum Gasteiger partial charge on any atom is -0.698 e. The van der Waals surface area contributed by atoms with Gasteiger partial charge in [-0.2, -0.15) is 0 Å². The van der Waals surface area contributed by atoms with Gasteiger partial charge >= 0.3 is 17.1 Å². The average Bonchev–Trinajstić information content (AvgIpc) is 3.67. The summed E-state index contributed by atoms with van der Waals surface area (Å²) in [5, 5.41) is 0. The summed E-state index contributed by atoms with van der Waals surface area (Å²) < 4.78 is 4.94. The molecule has 1 aliphatic heterocycles. The Balaban J connectivity index is 0.000000217. The molecule has 0 aromatic heterocycles. The standard InChI is InChI=1S/2C24H26N.C4H8O.Mn/c2*1-14-10-16(3)22(17(4)11-14)20-8-7-9-21(24(20)25)23-18(5)12-15(2)13-19(23)6;1-2-4-5-3-1;/h2*7-13,25H,1-6H3;1-4H2;/q2*-1;;+2. The number of benzene rings is 6. The first kappa shape index (κ1) is 44.1. The fraction of sp³-hybridized carbons (Fsp3) is 0.308. The zero-order chi connectivity index (χ0) is 40.1. The fourth-order valence-electron chi connectivity index (χ4n) is 8.87. The van der Waals surface area contributed by atoms with Gasteiger partial charge in [-0.25, -0.2) is 0 Å². The van der Waals surface area contributed by atoms with Gasteiger partial charge in [-0.05, 0) is 185 Å². The van der Waals surface area contributed by atoms with E-state index in [0.29, 0.717) is 11.4 Å². The van der Waals surface area contributed by atoms with Crippen LogP contribution in [0.4, 0.5) is 11.4 Å². The van der Waals surface area contributed by atoms with Gasteiger partial charge in [0.1, 0.15) is 0 Å². The molecular weight excluding hydrogens is 724 g/mol. The van der Waals surface area contributed by atoms with Crippen LogP contribution in [-0.4, -0.2) is 13.2 Å². The Morgan fingerprint density at radius 2 is 0.554 bits per heavy atom. The van der Waals surface area contributed by atoms with Gasteiger partial charge in [0, 0.05) is 13.2 Å². The molecule has 4 heteroatoms. The van der Waals surface area contributed by atoms with Crippen molar-refractivity contribution in [2.24, 2.45) is 0 Å². The molecule has 291 valence electrons. The van der Waals surface area contributed by atoms with Gasteiger partial charge in [0.05, 0.1) is 0 Å². The maximum absolute atomic E-state index is 8.92. The Morgan fingerprint density at radius 1 is 0.357 bits per heavy atom. The molecule has 3 nitrogen and oxygen atoms in total. The number of hydrogen-bond acceptors (Lipinski definition) is 1. The monoisotopic (exact) mass is 783 g/mol. The molecule has 1 aliphatic rings. The van der Waals surface area contributed by atoms with Gasteiger partial charge in [0.25, 0.3) is 0 Å². The molecule has 0 amide bonds. The maximum Gasteiger partial charge on any atom is 2.00 e. The molecule has 1 fully saturated rings. The molecule has 0 unspecified atom stereocenters. The molecule has 0 spiro atoms. The summed E-state index contributed by atoms with van der Waals surface area (Å²) in [4.78, 5) is 0. The van der Waals surface area contributed by atoms with E-state index in [4.69, 9.17) is 16.2 Å².